The Balaban J connectivity index is 2.27. The fourth-order valence-electron chi connectivity index (χ4n) is 2.16. The molecule has 9 heteroatoms. The second-order valence-electron chi connectivity index (χ2n) is 4.54. The molecule has 0 aliphatic carbocycles. The molecule has 2 rings (SSSR count). The van der Waals surface area contributed by atoms with E-state index in [2.05, 4.69) is 14.9 Å². The Bertz CT molecular complexity index is 733. The molecule has 0 bridgehead atoms. The highest BCUT2D eigenvalue weighted by Gasteiger charge is 2.26. The molecular weight excluding hydrogens is 296 g/mol. The smallest absolute Gasteiger partial charge is 0.244 e. The molecule has 0 spiro atoms. The minimum Gasteiger partial charge on any atom is -0.465 e. The highest BCUT2D eigenvalue weighted by atomic mass is 32.2. The number of furan rings is 1. The Kier molecular flexibility index (Phi) is 4.45. The number of rotatable bonds is 6. The molecule has 0 radical (unpaired) electrons. The van der Waals surface area contributed by atoms with E-state index in [1.807, 2.05) is 6.92 Å². The predicted molar refractivity (Wildman–Crippen MR) is 73.8 cm³/mol. The van der Waals surface area contributed by atoms with E-state index in [9.17, 15) is 13.5 Å². The van der Waals surface area contributed by atoms with Gasteiger partial charge in [0.2, 0.25) is 10.0 Å². The first-order valence-corrected chi connectivity index (χ1v) is 7.95. The topological polar surface area (TPSA) is 110 Å². The maximum Gasteiger partial charge on any atom is 0.244 e. The van der Waals surface area contributed by atoms with Crippen LogP contribution in [-0.2, 0) is 29.7 Å². The third-order valence-electron chi connectivity index (χ3n) is 3.21. The van der Waals surface area contributed by atoms with Crippen molar-refractivity contribution in [2.45, 2.75) is 45.4 Å². The highest BCUT2D eigenvalue weighted by Crippen LogP contribution is 2.26. The Morgan fingerprint density at radius 3 is 2.71 bits per heavy atom. The lowest BCUT2D eigenvalue weighted by Crippen LogP contribution is -2.26. The van der Waals surface area contributed by atoms with Crippen LogP contribution in [0.25, 0.3) is 0 Å². The van der Waals surface area contributed by atoms with E-state index in [1.165, 1.54) is 6.33 Å². The molecule has 2 aromatic heterocycles. The van der Waals surface area contributed by atoms with Crippen LogP contribution in [-0.4, -0.2) is 28.3 Å². The van der Waals surface area contributed by atoms with Crippen LogP contribution in [0.4, 0.5) is 0 Å². The van der Waals surface area contributed by atoms with Crippen LogP contribution in [0, 0.1) is 13.8 Å². The largest absolute Gasteiger partial charge is 0.465 e. The first-order valence-electron chi connectivity index (χ1n) is 6.46. The maximum absolute atomic E-state index is 12.4. The van der Waals surface area contributed by atoms with Gasteiger partial charge in [-0.3, -0.25) is 0 Å². The molecule has 0 amide bonds. The number of nitrogens with one attached hydrogen (secondary N) is 1. The fraction of sp³-hybridized carbons (Fsp3) is 0.500. The minimum absolute atomic E-state index is 0.00920. The summed E-state index contributed by atoms with van der Waals surface area (Å²) in [6, 6.07) is 0. The van der Waals surface area contributed by atoms with Crippen molar-refractivity contribution in [2.24, 2.45) is 0 Å². The van der Waals surface area contributed by atoms with Gasteiger partial charge in [0.15, 0.2) is 0 Å². The third kappa shape index (κ3) is 2.99. The lowest BCUT2D eigenvalue weighted by molar-refractivity contribution is 0.276. The van der Waals surface area contributed by atoms with Crippen LogP contribution in [0.2, 0.25) is 0 Å². The first kappa shape index (κ1) is 15.7. The fourth-order valence-corrected chi connectivity index (χ4v) is 3.57. The number of aliphatic hydroxyl groups is 1. The normalized spacial score (nSPS) is 12.0. The van der Waals surface area contributed by atoms with Gasteiger partial charge in [-0.1, -0.05) is 0 Å². The van der Waals surface area contributed by atoms with Gasteiger partial charge in [-0.05, 0) is 20.8 Å². The van der Waals surface area contributed by atoms with Crippen molar-refractivity contribution in [3.05, 3.63) is 29.2 Å². The number of nitrogens with zero attached hydrogens (tertiary/aromatic N) is 3. The van der Waals surface area contributed by atoms with Crippen molar-refractivity contribution in [1.29, 1.82) is 0 Å². The lowest BCUT2D eigenvalue weighted by Gasteiger charge is -2.08. The molecule has 116 valence electrons. The molecule has 21 heavy (non-hydrogen) atoms. The van der Waals surface area contributed by atoms with Gasteiger partial charge >= 0.3 is 0 Å². The molecule has 0 fully saturated rings. The summed E-state index contributed by atoms with van der Waals surface area (Å²) in [6.45, 7) is 5.35. The Labute approximate surface area is 122 Å². The maximum atomic E-state index is 12.4. The number of aromatic nitrogens is 3. The monoisotopic (exact) mass is 314 g/mol. The van der Waals surface area contributed by atoms with E-state index in [4.69, 9.17) is 4.42 Å². The van der Waals surface area contributed by atoms with E-state index >= 15 is 0 Å². The molecule has 2 aromatic rings. The van der Waals surface area contributed by atoms with Gasteiger partial charge in [-0.15, -0.1) is 10.2 Å². The van der Waals surface area contributed by atoms with Crippen LogP contribution in [0.1, 0.15) is 29.8 Å². The molecule has 0 saturated carbocycles. The molecule has 0 saturated heterocycles. The van der Waals surface area contributed by atoms with Gasteiger partial charge in [0.05, 0.1) is 13.2 Å². The number of aliphatic hydroxyl groups excluding tert-OH is 1. The molecule has 0 aliphatic heterocycles. The van der Waals surface area contributed by atoms with Crippen molar-refractivity contribution in [3.8, 4) is 0 Å². The SMILES string of the molecule is CCn1cnnc1CNS(=O)(=O)c1c(C)oc(C)c1CO. The molecule has 0 atom stereocenters. The lowest BCUT2D eigenvalue weighted by atomic mass is 10.2. The second kappa shape index (κ2) is 5.96. The van der Waals surface area contributed by atoms with Crippen molar-refractivity contribution in [2.75, 3.05) is 0 Å². The van der Waals surface area contributed by atoms with E-state index < -0.39 is 16.6 Å². The standard InChI is InChI=1S/C12H18N4O4S/c1-4-16-7-13-15-11(16)5-14-21(18,19)12-9(3)20-8(2)10(12)6-17/h7,14,17H,4-6H2,1-3H3. The molecule has 0 aromatic carbocycles. The van der Waals surface area contributed by atoms with Gasteiger partial charge in [-0.2, -0.15) is 0 Å². The van der Waals surface area contributed by atoms with E-state index in [0.29, 0.717) is 18.1 Å². The molecule has 0 unspecified atom stereocenters. The summed E-state index contributed by atoms with van der Waals surface area (Å²) in [5, 5.41) is 16.9. The summed E-state index contributed by atoms with van der Waals surface area (Å²) in [7, 11) is -3.80. The van der Waals surface area contributed by atoms with Crippen LogP contribution in [0.5, 0.6) is 0 Å². The third-order valence-corrected chi connectivity index (χ3v) is 4.80. The van der Waals surface area contributed by atoms with E-state index in [0.717, 1.165) is 0 Å². The van der Waals surface area contributed by atoms with Gasteiger partial charge in [0.25, 0.3) is 0 Å². The van der Waals surface area contributed by atoms with Crippen LogP contribution < -0.4 is 4.72 Å². The number of sulfonamides is 1. The number of aryl methyl sites for hydroxylation is 3. The minimum atomic E-state index is -3.80. The summed E-state index contributed by atoms with van der Waals surface area (Å²) in [6.07, 6.45) is 1.54. The zero-order valence-corrected chi connectivity index (χ0v) is 12.9. The van der Waals surface area contributed by atoms with Gasteiger partial charge in [0.1, 0.15) is 28.6 Å². The average molecular weight is 314 g/mol. The van der Waals surface area contributed by atoms with Crippen LogP contribution in [0.15, 0.2) is 15.6 Å². The first-order chi connectivity index (χ1) is 9.90. The van der Waals surface area contributed by atoms with Crippen molar-refractivity contribution < 1.29 is 17.9 Å². The van der Waals surface area contributed by atoms with Crippen LogP contribution in [0.3, 0.4) is 0 Å². The molecule has 2 N–H and O–H groups in total. The Morgan fingerprint density at radius 2 is 2.10 bits per heavy atom. The quantitative estimate of drug-likeness (QED) is 0.802. The van der Waals surface area contributed by atoms with E-state index in [-0.39, 0.29) is 22.8 Å². The average Bonchev–Trinajstić information content (AvgIpc) is 2.99. The van der Waals surface area contributed by atoms with Crippen molar-refractivity contribution in [1.82, 2.24) is 19.5 Å². The summed E-state index contributed by atoms with van der Waals surface area (Å²) in [4.78, 5) is -0.00920. The van der Waals surface area contributed by atoms with Crippen molar-refractivity contribution in [3.63, 3.8) is 0 Å². The Hall–Kier alpha value is -1.71. The summed E-state index contributed by atoms with van der Waals surface area (Å²) in [5.74, 6) is 1.16. The molecule has 8 nitrogen and oxygen atoms in total. The summed E-state index contributed by atoms with van der Waals surface area (Å²) < 4.78 is 34.3. The van der Waals surface area contributed by atoms with Crippen molar-refractivity contribution >= 4 is 10.0 Å². The zero-order valence-electron chi connectivity index (χ0n) is 12.1. The van der Waals surface area contributed by atoms with Gasteiger partial charge < -0.3 is 14.1 Å². The zero-order chi connectivity index (χ0) is 15.6. The second-order valence-corrected chi connectivity index (χ2v) is 6.24. The molecule has 0 aliphatic rings. The van der Waals surface area contributed by atoms with E-state index in [1.54, 1.807) is 18.4 Å². The Morgan fingerprint density at radius 1 is 1.38 bits per heavy atom. The highest BCUT2D eigenvalue weighted by molar-refractivity contribution is 7.89. The number of hydrogen-bond acceptors (Lipinski definition) is 6. The van der Waals surface area contributed by atoms with Gasteiger partial charge in [0, 0.05) is 12.1 Å². The molecular formula is C12H18N4O4S. The predicted octanol–water partition coefficient (Wildman–Crippen LogP) is 0.479. The summed E-state index contributed by atoms with van der Waals surface area (Å²) in [5.41, 5.74) is 0.275. The number of hydrogen-bond donors (Lipinski definition) is 2. The van der Waals surface area contributed by atoms with Gasteiger partial charge in [-0.25, -0.2) is 13.1 Å². The summed E-state index contributed by atoms with van der Waals surface area (Å²) >= 11 is 0. The van der Waals surface area contributed by atoms with Crippen LogP contribution >= 0.6 is 0 Å². The molecule has 2 heterocycles.